The Morgan fingerprint density at radius 1 is 1.57 bits per heavy atom. The Labute approximate surface area is 139 Å². The molecule has 0 saturated heterocycles. The highest BCUT2D eigenvalue weighted by Crippen LogP contribution is 2.19. The van der Waals surface area contributed by atoms with E-state index < -0.39 is 5.56 Å². The molecule has 2 rings (SSSR count). The number of nitrogens with zero attached hydrogens (tertiary/aromatic N) is 4. The van der Waals surface area contributed by atoms with Crippen molar-refractivity contribution in [2.75, 3.05) is 6.54 Å². The lowest BCUT2D eigenvalue weighted by Gasteiger charge is -2.16. The van der Waals surface area contributed by atoms with Gasteiger partial charge in [0.15, 0.2) is 4.77 Å². The highest BCUT2D eigenvalue weighted by molar-refractivity contribution is 7.71. The van der Waals surface area contributed by atoms with E-state index in [9.17, 15) is 9.90 Å². The van der Waals surface area contributed by atoms with Gasteiger partial charge in [-0.25, -0.2) is 4.98 Å². The van der Waals surface area contributed by atoms with Crippen molar-refractivity contribution in [1.82, 2.24) is 19.1 Å². The minimum Gasteiger partial charge on any atom is -0.494 e. The second-order valence-corrected chi connectivity index (χ2v) is 5.70. The zero-order chi connectivity index (χ0) is 16.8. The first kappa shape index (κ1) is 17.1. The van der Waals surface area contributed by atoms with Gasteiger partial charge in [-0.3, -0.25) is 19.3 Å². The van der Waals surface area contributed by atoms with E-state index in [2.05, 4.69) is 15.0 Å². The van der Waals surface area contributed by atoms with E-state index in [-0.39, 0.29) is 22.3 Å². The van der Waals surface area contributed by atoms with Gasteiger partial charge in [-0.15, -0.1) is 0 Å². The maximum atomic E-state index is 12.0. The number of H-pyrrole nitrogens is 1. The third kappa shape index (κ3) is 4.16. The molecule has 2 heterocycles. The van der Waals surface area contributed by atoms with Crippen LogP contribution in [0.5, 0.6) is 5.88 Å². The van der Waals surface area contributed by atoms with Crippen molar-refractivity contribution in [3.05, 3.63) is 39.4 Å². The third-order valence-electron chi connectivity index (χ3n) is 3.67. The van der Waals surface area contributed by atoms with E-state index in [0.29, 0.717) is 6.54 Å². The smallest absolute Gasteiger partial charge is 0.264 e. The number of hydrogen-bond donors (Lipinski definition) is 2. The molecular formula is C15H21N5O2S. The Morgan fingerprint density at radius 2 is 2.35 bits per heavy atom. The Bertz CT molecular complexity index is 776. The van der Waals surface area contributed by atoms with Crippen LogP contribution >= 0.6 is 12.2 Å². The van der Waals surface area contributed by atoms with Gasteiger partial charge in [0.05, 0.1) is 6.33 Å². The maximum Gasteiger partial charge on any atom is 0.264 e. The van der Waals surface area contributed by atoms with Crippen molar-refractivity contribution in [2.45, 2.75) is 39.3 Å². The first-order valence-corrected chi connectivity index (χ1v) is 7.98. The summed E-state index contributed by atoms with van der Waals surface area (Å²) in [4.78, 5) is 22.8. The summed E-state index contributed by atoms with van der Waals surface area (Å²) in [6.45, 7) is 5.27. The monoisotopic (exact) mass is 335 g/mol. The summed E-state index contributed by atoms with van der Waals surface area (Å²) in [6.07, 6.45) is 8.38. The van der Waals surface area contributed by atoms with Gasteiger partial charge in [0, 0.05) is 37.7 Å². The number of aromatic nitrogens is 4. The van der Waals surface area contributed by atoms with E-state index in [1.54, 1.807) is 17.1 Å². The van der Waals surface area contributed by atoms with E-state index >= 15 is 0 Å². The minimum absolute atomic E-state index is 0.00672. The van der Waals surface area contributed by atoms with Gasteiger partial charge in [-0.05, 0) is 32.0 Å². The average Bonchev–Trinajstić information content (AvgIpc) is 3.02. The van der Waals surface area contributed by atoms with Crippen LogP contribution in [0, 0.1) is 4.77 Å². The summed E-state index contributed by atoms with van der Waals surface area (Å²) in [7, 11) is 0. The van der Waals surface area contributed by atoms with Crippen molar-refractivity contribution in [3.8, 4) is 5.88 Å². The maximum absolute atomic E-state index is 12.0. The molecule has 0 aromatic carbocycles. The summed E-state index contributed by atoms with van der Waals surface area (Å²) >= 11 is 5.12. The summed E-state index contributed by atoms with van der Waals surface area (Å²) in [5.74, 6) is -0.133. The second-order valence-electron chi connectivity index (χ2n) is 5.31. The fourth-order valence-corrected chi connectivity index (χ4v) is 2.54. The molecule has 0 aliphatic heterocycles. The van der Waals surface area contributed by atoms with Crippen LogP contribution in [0.3, 0.4) is 0 Å². The van der Waals surface area contributed by atoms with E-state index in [4.69, 9.17) is 12.2 Å². The van der Waals surface area contributed by atoms with Gasteiger partial charge in [-0.2, -0.15) is 0 Å². The zero-order valence-electron chi connectivity index (χ0n) is 13.3. The second kappa shape index (κ2) is 7.87. The number of aliphatic imine (C=N–C) groups is 1. The van der Waals surface area contributed by atoms with Crippen molar-refractivity contribution >= 4 is 18.4 Å². The first-order chi connectivity index (χ1) is 11.0. The highest BCUT2D eigenvalue weighted by atomic mass is 32.1. The van der Waals surface area contributed by atoms with Gasteiger partial charge < -0.3 is 9.67 Å². The van der Waals surface area contributed by atoms with Gasteiger partial charge in [0.1, 0.15) is 5.56 Å². The van der Waals surface area contributed by atoms with Crippen molar-refractivity contribution in [3.63, 3.8) is 0 Å². The molecule has 0 unspecified atom stereocenters. The normalized spacial score (nSPS) is 12.8. The quantitative estimate of drug-likeness (QED) is 0.462. The summed E-state index contributed by atoms with van der Waals surface area (Å²) < 4.78 is 3.73. The molecule has 0 amide bonds. The van der Waals surface area contributed by atoms with Crippen LogP contribution in [0.15, 0.2) is 28.5 Å². The lowest BCUT2D eigenvalue weighted by Crippen LogP contribution is -2.20. The van der Waals surface area contributed by atoms with Crippen LogP contribution in [-0.2, 0) is 6.54 Å². The Morgan fingerprint density at radius 3 is 3.00 bits per heavy atom. The summed E-state index contributed by atoms with van der Waals surface area (Å²) in [5, 5.41) is 10.3. The molecule has 0 aliphatic rings. The molecule has 0 bridgehead atoms. The van der Waals surface area contributed by atoms with E-state index in [1.165, 1.54) is 6.21 Å². The molecule has 0 radical (unpaired) electrons. The number of rotatable bonds is 7. The van der Waals surface area contributed by atoms with Crippen molar-refractivity contribution in [2.24, 2.45) is 4.99 Å². The van der Waals surface area contributed by atoms with Crippen LogP contribution in [0.1, 0.15) is 38.3 Å². The molecule has 1 atom stereocenters. The molecule has 8 heteroatoms. The number of aromatic hydroxyl groups is 1. The van der Waals surface area contributed by atoms with Crippen molar-refractivity contribution < 1.29 is 5.11 Å². The molecule has 2 N–H and O–H groups in total. The van der Waals surface area contributed by atoms with Gasteiger partial charge in [0.25, 0.3) is 5.56 Å². The van der Waals surface area contributed by atoms with Crippen LogP contribution in [0.4, 0.5) is 0 Å². The molecule has 0 spiro atoms. The topological polar surface area (TPSA) is 88.2 Å². The number of aromatic amines is 1. The number of imidazole rings is 1. The lowest BCUT2D eigenvalue weighted by molar-refractivity contribution is 0.371. The highest BCUT2D eigenvalue weighted by Gasteiger charge is 2.14. The SMILES string of the molecule is CC[C@@H](C)n1c(O)c(C=NCCCn2ccnc2)c(=O)[nH]c1=S. The molecule has 124 valence electrons. The fourth-order valence-electron chi connectivity index (χ4n) is 2.18. The largest absolute Gasteiger partial charge is 0.494 e. The molecule has 0 saturated carbocycles. The van der Waals surface area contributed by atoms with Gasteiger partial charge >= 0.3 is 0 Å². The first-order valence-electron chi connectivity index (χ1n) is 7.58. The average molecular weight is 335 g/mol. The molecule has 2 aromatic rings. The third-order valence-corrected chi connectivity index (χ3v) is 3.97. The number of nitrogens with one attached hydrogen (secondary N) is 1. The number of aryl methyl sites for hydroxylation is 1. The molecule has 23 heavy (non-hydrogen) atoms. The van der Waals surface area contributed by atoms with Crippen molar-refractivity contribution in [1.29, 1.82) is 0 Å². The summed E-state index contributed by atoms with van der Waals surface area (Å²) in [5.41, 5.74) is -0.285. The predicted octanol–water partition coefficient (Wildman–Crippen LogP) is 2.29. The predicted molar refractivity (Wildman–Crippen MR) is 91.9 cm³/mol. The Kier molecular flexibility index (Phi) is 5.86. The molecule has 0 fully saturated rings. The molecular weight excluding hydrogens is 314 g/mol. The summed E-state index contributed by atoms with van der Waals surface area (Å²) in [6, 6.07) is -0.00672. The molecule has 7 nitrogen and oxygen atoms in total. The van der Waals surface area contributed by atoms with Crippen LogP contribution in [0.2, 0.25) is 0 Å². The van der Waals surface area contributed by atoms with Crippen LogP contribution in [-0.4, -0.2) is 37.0 Å². The Hall–Kier alpha value is -2.22. The standard InChI is InChI=1S/C15H21N5O2S/c1-3-11(2)20-14(22)12(13(21)18-15(20)23)9-16-5-4-7-19-8-6-17-10-19/h6,8-11,22H,3-5,7H2,1-2H3,(H,18,21,23)/t11-/m1/s1. The van der Waals surface area contributed by atoms with Crippen LogP contribution < -0.4 is 5.56 Å². The number of hydrogen-bond acceptors (Lipinski definition) is 5. The molecule has 0 aliphatic carbocycles. The van der Waals surface area contributed by atoms with Gasteiger partial charge in [-0.1, -0.05) is 6.92 Å². The van der Waals surface area contributed by atoms with E-state index in [1.807, 2.05) is 24.6 Å². The van der Waals surface area contributed by atoms with E-state index in [0.717, 1.165) is 19.4 Å². The van der Waals surface area contributed by atoms with Gasteiger partial charge in [0.2, 0.25) is 5.88 Å². The zero-order valence-corrected chi connectivity index (χ0v) is 14.1. The van der Waals surface area contributed by atoms with Crippen LogP contribution in [0.25, 0.3) is 0 Å². The molecule has 2 aromatic heterocycles. The Balaban J connectivity index is 2.11. The fraction of sp³-hybridized carbons (Fsp3) is 0.467. The lowest BCUT2D eigenvalue weighted by atomic mass is 10.2. The minimum atomic E-state index is -0.426.